The van der Waals surface area contributed by atoms with Crippen LogP contribution in [0.4, 0.5) is 0 Å². The maximum Gasteiger partial charge on any atom is 0.152 e. The molecule has 0 atom stereocenters. The predicted octanol–water partition coefficient (Wildman–Crippen LogP) is 2.91. The van der Waals surface area contributed by atoms with E-state index in [1.807, 2.05) is 12.1 Å². The molecule has 0 fully saturated rings. The van der Waals surface area contributed by atoms with Crippen LogP contribution < -0.4 is 0 Å². The molecule has 0 amide bonds. The van der Waals surface area contributed by atoms with Crippen molar-refractivity contribution in [3.8, 4) is 0 Å². The zero-order chi connectivity index (χ0) is 8.97. The molecular weight excluding hydrogens is 168 g/mol. The van der Waals surface area contributed by atoms with Crippen LogP contribution in [0.25, 0.3) is 6.08 Å². The van der Waals surface area contributed by atoms with Gasteiger partial charge in [-0.15, -0.1) is 11.3 Å². The van der Waals surface area contributed by atoms with Gasteiger partial charge in [-0.2, -0.15) is 0 Å². The highest BCUT2D eigenvalue weighted by atomic mass is 32.1. The summed E-state index contributed by atoms with van der Waals surface area (Å²) >= 11 is 1.74. The van der Waals surface area contributed by atoms with Gasteiger partial charge >= 0.3 is 0 Å². The molecule has 0 aliphatic carbocycles. The van der Waals surface area contributed by atoms with Crippen molar-refractivity contribution < 1.29 is 4.79 Å². The molecule has 0 spiro atoms. The van der Waals surface area contributed by atoms with Crippen LogP contribution >= 0.6 is 11.3 Å². The molecule has 0 aliphatic rings. The Balaban J connectivity index is 2.70. The number of hydrogen-bond acceptors (Lipinski definition) is 2. The molecule has 2 heteroatoms. The monoisotopic (exact) mass is 180 g/mol. The van der Waals surface area contributed by atoms with Gasteiger partial charge in [-0.1, -0.05) is 6.92 Å². The van der Waals surface area contributed by atoms with E-state index >= 15 is 0 Å². The highest BCUT2D eigenvalue weighted by Gasteiger charge is 1.93. The van der Waals surface area contributed by atoms with Crippen LogP contribution in [0.15, 0.2) is 18.2 Å². The topological polar surface area (TPSA) is 17.1 Å². The Morgan fingerprint density at radius 2 is 2.33 bits per heavy atom. The molecule has 0 N–H and O–H groups in total. The maximum absolute atomic E-state index is 10.6. The van der Waals surface area contributed by atoms with E-state index in [1.54, 1.807) is 24.3 Å². The van der Waals surface area contributed by atoms with Crippen LogP contribution in [0.1, 0.15) is 23.6 Å². The number of carbonyl (C=O) groups excluding carboxylic acids is 1. The van der Waals surface area contributed by atoms with Gasteiger partial charge in [0.05, 0.1) is 0 Å². The molecule has 0 unspecified atom stereocenters. The lowest BCUT2D eigenvalue weighted by atomic mass is 10.3. The van der Waals surface area contributed by atoms with Gasteiger partial charge in [0.1, 0.15) is 0 Å². The Morgan fingerprint density at radius 3 is 2.83 bits per heavy atom. The second-order valence-corrected chi connectivity index (χ2v) is 3.80. The number of allylic oxidation sites excluding steroid dienone is 1. The molecule has 0 radical (unpaired) electrons. The average molecular weight is 180 g/mol. The molecule has 1 aromatic heterocycles. The zero-order valence-electron chi connectivity index (χ0n) is 7.33. The standard InChI is InChI=1S/C10H12OS/c1-3-9-6-7-10(12-9)5-4-8(2)11/h4-7H,3H2,1-2H3. The van der Waals surface area contributed by atoms with Crippen LogP contribution in [0, 0.1) is 0 Å². The van der Waals surface area contributed by atoms with Crippen LogP contribution in [0.5, 0.6) is 0 Å². The highest BCUT2D eigenvalue weighted by molar-refractivity contribution is 7.12. The first-order chi connectivity index (χ1) is 5.72. The summed E-state index contributed by atoms with van der Waals surface area (Å²) in [5.74, 6) is 0.0986. The van der Waals surface area contributed by atoms with E-state index in [4.69, 9.17) is 0 Å². The first-order valence-corrected chi connectivity index (χ1v) is 4.81. The predicted molar refractivity (Wildman–Crippen MR) is 53.4 cm³/mol. The second kappa shape index (κ2) is 4.21. The Kier molecular flexibility index (Phi) is 3.23. The summed E-state index contributed by atoms with van der Waals surface area (Å²) in [6, 6.07) is 4.15. The van der Waals surface area contributed by atoms with Crippen molar-refractivity contribution in [2.45, 2.75) is 20.3 Å². The van der Waals surface area contributed by atoms with Gasteiger partial charge in [0.25, 0.3) is 0 Å². The van der Waals surface area contributed by atoms with Crippen molar-refractivity contribution in [2.75, 3.05) is 0 Å². The smallest absolute Gasteiger partial charge is 0.152 e. The van der Waals surface area contributed by atoms with Crippen molar-refractivity contribution >= 4 is 23.2 Å². The third kappa shape index (κ3) is 2.62. The van der Waals surface area contributed by atoms with Gasteiger partial charge in [0, 0.05) is 9.75 Å². The summed E-state index contributed by atoms with van der Waals surface area (Å²) in [6.07, 6.45) is 4.54. The van der Waals surface area contributed by atoms with Crippen molar-refractivity contribution in [3.63, 3.8) is 0 Å². The SMILES string of the molecule is CCc1ccc(C=CC(C)=O)s1. The molecule has 1 heterocycles. The fourth-order valence-corrected chi connectivity index (χ4v) is 1.73. The summed E-state index contributed by atoms with van der Waals surface area (Å²) in [6.45, 7) is 3.69. The molecule has 1 rings (SSSR count). The molecule has 1 aromatic rings. The van der Waals surface area contributed by atoms with Gasteiger partial charge in [0.15, 0.2) is 5.78 Å². The third-order valence-electron chi connectivity index (χ3n) is 1.51. The van der Waals surface area contributed by atoms with Gasteiger partial charge in [0.2, 0.25) is 0 Å². The molecule has 0 saturated heterocycles. The highest BCUT2D eigenvalue weighted by Crippen LogP contribution is 2.17. The molecule has 12 heavy (non-hydrogen) atoms. The molecule has 0 saturated carbocycles. The number of rotatable bonds is 3. The number of aryl methyl sites for hydroxylation is 1. The normalized spacial score (nSPS) is 10.8. The number of hydrogen-bond donors (Lipinski definition) is 0. The Labute approximate surface area is 76.7 Å². The third-order valence-corrected chi connectivity index (χ3v) is 2.71. The lowest BCUT2D eigenvalue weighted by Gasteiger charge is -1.83. The summed E-state index contributed by atoms with van der Waals surface area (Å²) in [5, 5.41) is 0. The first-order valence-electron chi connectivity index (χ1n) is 3.99. The maximum atomic E-state index is 10.6. The summed E-state index contributed by atoms with van der Waals surface area (Å²) in [4.78, 5) is 13.1. The molecule has 0 aliphatic heterocycles. The molecule has 0 bridgehead atoms. The largest absolute Gasteiger partial charge is 0.295 e. The number of ketones is 1. The van der Waals surface area contributed by atoms with Crippen LogP contribution in [0.2, 0.25) is 0 Å². The van der Waals surface area contributed by atoms with Crippen LogP contribution in [-0.4, -0.2) is 5.78 Å². The fourth-order valence-electron chi connectivity index (χ4n) is 0.874. The van der Waals surface area contributed by atoms with E-state index in [0.717, 1.165) is 11.3 Å². The van der Waals surface area contributed by atoms with E-state index in [2.05, 4.69) is 13.0 Å². The second-order valence-electron chi connectivity index (χ2n) is 2.60. The van der Waals surface area contributed by atoms with Gasteiger partial charge in [-0.05, 0) is 37.6 Å². The Morgan fingerprint density at radius 1 is 1.58 bits per heavy atom. The molecule has 64 valence electrons. The van der Waals surface area contributed by atoms with Crippen molar-refractivity contribution in [3.05, 3.63) is 28.0 Å². The van der Waals surface area contributed by atoms with Gasteiger partial charge in [-0.3, -0.25) is 4.79 Å². The fraction of sp³-hybridized carbons (Fsp3) is 0.300. The lowest BCUT2D eigenvalue weighted by molar-refractivity contribution is -0.112. The molecule has 0 aromatic carbocycles. The summed E-state index contributed by atoms with van der Waals surface area (Å²) in [5.41, 5.74) is 0. The van der Waals surface area contributed by atoms with E-state index in [-0.39, 0.29) is 5.78 Å². The van der Waals surface area contributed by atoms with E-state index in [0.29, 0.717) is 0 Å². The van der Waals surface area contributed by atoms with Gasteiger partial charge in [-0.25, -0.2) is 0 Å². The molecule has 1 nitrogen and oxygen atoms in total. The average Bonchev–Trinajstić information content (AvgIpc) is 2.48. The zero-order valence-corrected chi connectivity index (χ0v) is 8.15. The minimum atomic E-state index is 0.0986. The Bertz CT molecular complexity index is 297. The van der Waals surface area contributed by atoms with E-state index in [1.165, 1.54) is 4.88 Å². The van der Waals surface area contributed by atoms with Gasteiger partial charge < -0.3 is 0 Å². The van der Waals surface area contributed by atoms with E-state index in [9.17, 15) is 4.79 Å². The van der Waals surface area contributed by atoms with Crippen molar-refractivity contribution in [1.29, 1.82) is 0 Å². The van der Waals surface area contributed by atoms with Crippen molar-refractivity contribution in [1.82, 2.24) is 0 Å². The minimum absolute atomic E-state index is 0.0986. The Hall–Kier alpha value is -0.890. The first kappa shape index (κ1) is 9.20. The minimum Gasteiger partial charge on any atom is -0.295 e. The summed E-state index contributed by atoms with van der Waals surface area (Å²) in [7, 11) is 0. The van der Waals surface area contributed by atoms with Crippen LogP contribution in [-0.2, 0) is 11.2 Å². The van der Waals surface area contributed by atoms with Crippen molar-refractivity contribution in [2.24, 2.45) is 0 Å². The van der Waals surface area contributed by atoms with Crippen LogP contribution in [0.3, 0.4) is 0 Å². The number of carbonyl (C=O) groups is 1. The van der Waals surface area contributed by atoms with E-state index < -0.39 is 0 Å². The quantitative estimate of drug-likeness (QED) is 0.654. The lowest BCUT2D eigenvalue weighted by Crippen LogP contribution is -1.77. The summed E-state index contributed by atoms with van der Waals surface area (Å²) < 4.78 is 0. The number of thiophene rings is 1. The molecular formula is C10H12OS.